The van der Waals surface area contributed by atoms with Gasteiger partial charge in [0.25, 0.3) is 0 Å². The molecule has 1 N–H and O–H groups in total. The van der Waals surface area contributed by atoms with Gasteiger partial charge in [0.1, 0.15) is 0 Å². The summed E-state index contributed by atoms with van der Waals surface area (Å²) in [5.41, 5.74) is 0.887. The summed E-state index contributed by atoms with van der Waals surface area (Å²) in [6, 6.07) is 3.71. The Kier molecular flexibility index (Phi) is 8.77. The van der Waals surface area contributed by atoms with Crippen molar-refractivity contribution in [2.45, 2.75) is 44.9 Å². The van der Waals surface area contributed by atoms with E-state index in [2.05, 4.69) is 10.3 Å². The lowest BCUT2D eigenvalue weighted by Crippen LogP contribution is -2.37. The van der Waals surface area contributed by atoms with Crippen LogP contribution in [0.2, 0.25) is 0 Å². The highest BCUT2D eigenvalue weighted by Gasteiger charge is 2.22. The molecule has 1 fully saturated rings. The van der Waals surface area contributed by atoms with Crippen molar-refractivity contribution in [3.63, 3.8) is 0 Å². The zero-order valence-electron chi connectivity index (χ0n) is 15.3. The van der Waals surface area contributed by atoms with E-state index in [4.69, 9.17) is 0 Å². The Morgan fingerprint density at radius 1 is 1.15 bits per heavy atom. The maximum absolute atomic E-state index is 12.2. The van der Waals surface area contributed by atoms with Gasteiger partial charge < -0.3 is 5.32 Å². The van der Waals surface area contributed by atoms with Crippen molar-refractivity contribution < 1.29 is 13.2 Å². The molecule has 7 heteroatoms. The average Bonchev–Trinajstić information content (AvgIpc) is 2.67. The van der Waals surface area contributed by atoms with Gasteiger partial charge in [-0.1, -0.05) is 25.3 Å². The van der Waals surface area contributed by atoms with Crippen LogP contribution in [0.15, 0.2) is 30.6 Å². The Hall–Kier alpha value is -1.73. The zero-order chi connectivity index (χ0) is 18.7. The Labute approximate surface area is 156 Å². The topological polar surface area (TPSA) is 79.4 Å². The van der Waals surface area contributed by atoms with Crippen LogP contribution in [-0.2, 0) is 14.8 Å². The molecule has 6 nitrogen and oxygen atoms in total. The predicted molar refractivity (Wildman–Crippen MR) is 104 cm³/mol. The maximum atomic E-state index is 12.2. The molecule has 0 unspecified atom stereocenters. The minimum atomic E-state index is -3.07. The van der Waals surface area contributed by atoms with E-state index in [1.54, 1.807) is 22.8 Å². The zero-order valence-corrected chi connectivity index (χ0v) is 16.1. The molecule has 0 bridgehead atoms. The van der Waals surface area contributed by atoms with E-state index in [1.807, 2.05) is 12.1 Å². The van der Waals surface area contributed by atoms with Crippen molar-refractivity contribution in [3.05, 3.63) is 36.2 Å². The summed E-state index contributed by atoms with van der Waals surface area (Å²) in [4.78, 5) is 15.7. The second-order valence-electron chi connectivity index (χ2n) is 6.60. The first kappa shape index (κ1) is 20.6. The van der Waals surface area contributed by atoms with Gasteiger partial charge >= 0.3 is 0 Å². The third-order valence-corrected chi connectivity index (χ3v) is 6.40. The van der Waals surface area contributed by atoms with Gasteiger partial charge in [0.15, 0.2) is 0 Å². The van der Waals surface area contributed by atoms with Crippen LogP contribution in [0.3, 0.4) is 0 Å². The Morgan fingerprint density at radius 3 is 2.65 bits per heavy atom. The normalized spacial score (nSPS) is 16.0. The number of aromatic nitrogens is 1. The third kappa shape index (κ3) is 7.66. The number of hydrogen-bond acceptors (Lipinski definition) is 4. The summed E-state index contributed by atoms with van der Waals surface area (Å²) >= 11 is 0. The molecule has 1 aromatic heterocycles. The van der Waals surface area contributed by atoms with Crippen molar-refractivity contribution in [1.82, 2.24) is 14.6 Å². The molecular weight excluding hydrogens is 350 g/mol. The number of sulfonamides is 1. The van der Waals surface area contributed by atoms with Crippen molar-refractivity contribution >= 4 is 22.0 Å². The first-order valence-corrected chi connectivity index (χ1v) is 11.0. The van der Waals surface area contributed by atoms with Gasteiger partial charge in [0.05, 0.1) is 5.75 Å². The van der Waals surface area contributed by atoms with E-state index < -0.39 is 10.0 Å². The molecule has 2 heterocycles. The third-order valence-electron chi connectivity index (χ3n) is 4.45. The van der Waals surface area contributed by atoms with Gasteiger partial charge in [-0.05, 0) is 43.4 Å². The van der Waals surface area contributed by atoms with Crippen LogP contribution in [0.4, 0.5) is 0 Å². The molecule has 144 valence electrons. The lowest BCUT2D eigenvalue weighted by molar-refractivity contribution is -0.116. The molecule has 26 heavy (non-hydrogen) atoms. The molecule has 1 aromatic rings. The first-order chi connectivity index (χ1) is 12.6. The molecule has 0 atom stereocenters. The maximum Gasteiger partial charge on any atom is 0.243 e. The van der Waals surface area contributed by atoms with Crippen molar-refractivity contribution in [2.24, 2.45) is 0 Å². The van der Waals surface area contributed by atoms with Gasteiger partial charge in [-0.2, -0.15) is 0 Å². The Bertz CT molecular complexity index is 669. The van der Waals surface area contributed by atoms with E-state index >= 15 is 0 Å². The quantitative estimate of drug-likeness (QED) is 0.501. The number of carbonyl (C=O) groups is 1. The van der Waals surface area contributed by atoms with Crippen LogP contribution in [0.25, 0.3) is 6.08 Å². The monoisotopic (exact) mass is 379 g/mol. The smallest absolute Gasteiger partial charge is 0.243 e. The minimum absolute atomic E-state index is 0.124. The molecule has 0 saturated carbocycles. The summed E-state index contributed by atoms with van der Waals surface area (Å²) in [6.45, 7) is 1.97. The Morgan fingerprint density at radius 2 is 1.92 bits per heavy atom. The summed E-state index contributed by atoms with van der Waals surface area (Å²) in [6.07, 6.45) is 13.0. The van der Waals surface area contributed by atoms with E-state index in [0.717, 1.165) is 44.1 Å². The number of hydrogen-bond donors (Lipinski definition) is 1. The second kappa shape index (κ2) is 11.1. The largest absolute Gasteiger partial charge is 0.353 e. The van der Waals surface area contributed by atoms with Crippen molar-refractivity contribution in [1.29, 1.82) is 0 Å². The minimum Gasteiger partial charge on any atom is -0.353 e. The van der Waals surface area contributed by atoms with Crippen LogP contribution >= 0.6 is 0 Å². The molecule has 1 saturated heterocycles. The molecular formula is C19H29N3O3S. The first-order valence-electron chi connectivity index (χ1n) is 9.42. The fraction of sp³-hybridized carbons (Fsp3) is 0.579. The number of nitrogens with zero attached hydrogens (tertiary/aromatic N) is 2. The van der Waals surface area contributed by atoms with Crippen molar-refractivity contribution in [2.75, 3.05) is 25.4 Å². The number of carbonyl (C=O) groups excluding carboxylic acids is 1. The summed E-state index contributed by atoms with van der Waals surface area (Å²) < 4.78 is 26.1. The number of piperidine rings is 1. The fourth-order valence-corrected chi connectivity index (χ4v) is 4.59. The number of unbranched alkanes of at least 4 members (excludes halogenated alkanes) is 3. The highest BCUT2D eigenvalue weighted by molar-refractivity contribution is 7.89. The van der Waals surface area contributed by atoms with Crippen LogP contribution in [0, 0.1) is 0 Å². The number of rotatable bonds is 10. The van der Waals surface area contributed by atoms with Crippen LogP contribution in [-0.4, -0.2) is 49.0 Å². The summed E-state index contributed by atoms with van der Waals surface area (Å²) in [5.74, 6) is 0.120. The molecule has 1 aliphatic heterocycles. The van der Waals surface area contributed by atoms with Crippen LogP contribution in [0.1, 0.15) is 50.5 Å². The SMILES string of the molecule is O=C(/C=C/c1cccnc1)NCCCCCCS(=O)(=O)N1CCCCC1. The molecule has 0 radical (unpaired) electrons. The number of pyridine rings is 1. The van der Waals surface area contributed by atoms with Gasteiger partial charge in [0.2, 0.25) is 15.9 Å². The molecule has 1 amide bonds. The average molecular weight is 380 g/mol. The molecule has 2 rings (SSSR count). The number of nitrogens with one attached hydrogen (secondary N) is 1. The fourth-order valence-electron chi connectivity index (χ4n) is 2.95. The van der Waals surface area contributed by atoms with Gasteiger partial charge in [-0.25, -0.2) is 12.7 Å². The highest BCUT2D eigenvalue weighted by atomic mass is 32.2. The van der Waals surface area contributed by atoms with E-state index in [1.165, 1.54) is 6.08 Å². The van der Waals surface area contributed by atoms with E-state index in [0.29, 0.717) is 26.1 Å². The predicted octanol–water partition coefficient (Wildman–Crippen LogP) is 2.59. The molecule has 1 aliphatic rings. The molecule has 0 aromatic carbocycles. The van der Waals surface area contributed by atoms with Crippen LogP contribution < -0.4 is 5.32 Å². The van der Waals surface area contributed by atoms with Gasteiger partial charge in [-0.3, -0.25) is 9.78 Å². The van der Waals surface area contributed by atoms with Crippen LogP contribution in [0.5, 0.6) is 0 Å². The van der Waals surface area contributed by atoms with Gasteiger partial charge in [0, 0.05) is 38.1 Å². The lowest BCUT2D eigenvalue weighted by Gasteiger charge is -2.25. The summed E-state index contributed by atoms with van der Waals surface area (Å²) in [5, 5.41) is 2.84. The summed E-state index contributed by atoms with van der Waals surface area (Å²) in [7, 11) is -3.07. The standard InChI is InChI=1S/C19H29N3O3S/c23-19(11-10-18-9-8-12-20-17-18)21-13-4-1-2-7-16-26(24,25)22-14-5-3-6-15-22/h8-12,17H,1-7,13-16H2,(H,21,23)/b11-10+. The van der Waals surface area contributed by atoms with Gasteiger partial charge in [-0.15, -0.1) is 0 Å². The highest BCUT2D eigenvalue weighted by Crippen LogP contribution is 2.15. The molecule has 0 aliphatic carbocycles. The van der Waals surface area contributed by atoms with Crippen molar-refractivity contribution in [3.8, 4) is 0 Å². The lowest BCUT2D eigenvalue weighted by atomic mass is 10.2. The Balaban J connectivity index is 1.52. The second-order valence-corrected chi connectivity index (χ2v) is 8.69. The molecule has 0 spiro atoms. The van der Waals surface area contributed by atoms with E-state index in [9.17, 15) is 13.2 Å². The number of amides is 1. The van der Waals surface area contributed by atoms with E-state index in [-0.39, 0.29) is 11.7 Å².